The van der Waals surface area contributed by atoms with E-state index in [-0.39, 0.29) is 5.91 Å². The minimum Gasteiger partial charge on any atom is -0.493 e. The fraction of sp³-hybridized carbons (Fsp3) is 0.588. The third-order valence-electron chi connectivity index (χ3n) is 4.82. The number of ether oxygens (including phenoxy) is 3. The summed E-state index contributed by atoms with van der Waals surface area (Å²) in [6.07, 6.45) is 0.351. The number of rotatable bonds is 5. The van der Waals surface area contributed by atoms with Crippen LogP contribution in [0.4, 0.5) is 0 Å². The maximum atomic E-state index is 12.6. The molecule has 0 bridgehead atoms. The third kappa shape index (κ3) is 3.08. The van der Waals surface area contributed by atoms with Gasteiger partial charge in [-0.15, -0.1) is 0 Å². The molecule has 1 N–H and O–H groups in total. The van der Waals surface area contributed by atoms with E-state index in [0.717, 1.165) is 31.7 Å². The Labute approximate surface area is 136 Å². The highest BCUT2D eigenvalue weighted by Crippen LogP contribution is 2.38. The number of methoxy groups -OCH3 is 3. The van der Waals surface area contributed by atoms with Crippen molar-refractivity contribution in [2.45, 2.75) is 6.42 Å². The van der Waals surface area contributed by atoms with Crippen LogP contribution in [0.2, 0.25) is 0 Å². The lowest BCUT2D eigenvalue weighted by atomic mass is 10.0. The van der Waals surface area contributed by atoms with E-state index in [1.165, 1.54) is 0 Å². The quantitative estimate of drug-likeness (QED) is 0.875. The van der Waals surface area contributed by atoms with Crippen LogP contribution in [0.3, 0.4) is 0 Å². The largest absolute Gasteiger partial charge is 0.493 e. The molecule has 23 heavy (non-hydrogen) atoms. The number of nitrogens with zero attached hydrogens (tertiary/aromatic N) is 1. The highest BCUT2D eigenvalue weighted by atomic mass is 16.5. The minimum absolute atomic E-state index is 0.161. The summed E-state index contributed by atoms with van der Waals surface area (Å²) in [6, 6.07) is 3.69. The molecule has 0 aliphatic carbocycles. The first kappa shape index (κ1) is 15.9. The molecular formula is C17H24N2O4. The number of hydrogen-bond acceptors (Lipinski definition) is 5. The van der Waals surface area contributed by atoms with Crippen LogP contribution in [0, 0.1) is 11.8 Å². The Morgan fingerprint density at radius 1 is 1.09 bits per heavy atom. The summed E-state index contributed by atoms with van der Waals surface area (Å²) < 4.78 is 16.0. The monoisotopic (exact) mass is 320 g/mol. The van der Waals surface area contributed by atoms with Crippen LogP contribution in [-0.4, -0.2) is 58.3 Å². The number of benzene rings is 1. The molecule has 2 atom stereocenters. The highest BCUT2D eigenvalue weighted by molar-refractivity contribution is 5.79. The number of hydrogen-bond donors (Lipinski definition) is 1. The lowest BCUT2D eigenvalue weighted by Gasteiger charge is -2.19. The van der Waals surface area contributed by atoms with E-state index in [9.17, 15) is 4.79 Å². The van der Waals surface area contributed by atoms with Crippen molar-refractivity contribution >= 4 is 5.91 Å². The average Bonchev–Trinajstić information content (AvgIpc) is 3.15. The van der Waals surface area contributed by atoms with Gasteiger partial charge in [-0.2, -0.15) is 0 Å². The van der Waals surface area contributed by atoms with Crippen LogP contribution in [0.25, 0.3) is 0 Å². The zero-order valence-electron chi connectivity index (χ0n) is 13.9. The number of carbonyl (C=O) groups is 1. The Kier molecular flexibility index (Phi) is 4.61. The van der Waals surface area contributed by atoms with Gasteiger partial charge in [0.1, 0.15) is 0 Å². The van der Waals surface area contributed by atoms with Crippen LogP contribution in [-0.2, 0) is 11.2 Å². The van der Waals surface area contributed by atoms with Gasteiger partial charge in [-0.05, 0) is 29.5 Å². The van der Waals surface area contributed by atoms with Crippen molar-refractivity contribution < 1.29 is 19.0 Å². The van der Waals surface area contributed by atoms with E-state index in [0.29, 0.717) is 35.5 Å². The van der Waals surface area contributed by atoms with Gasteiger partial charge >= 0.3 is 0 Å². The standard InChI is InChI=1S/C17H24N2O4/c1-21-14-4-11(5-15(22-2)17(14)23-3)6-16(20)19-9-12-7-18-8-13(12)10-19/h4-5,12-13,18H,6-10H2,1-3H3/t12-,13+. The molecule has 2 fully saturated rings. The summed E-state index contributed by atoms with van der Waals surface area (Å²) in [5.74, 6) is 3.09. The normalized spacial score (nSPS) is 22.8. The molecule has 0 unspecified atom stereocenters. The Morgan fingerprint density at radius 2 is 1.65 bits per heavy atom. The van der Waals surface area contributed by atoms with Gasteiger partial charge in [0.25, 0.3) is 0 Å². The lowest BCUT2D eigenvalue weighted by molar-refractivity contribution is -0.129. The minimum atomic E-state index is 0.161. The van der Waals surface area contributed by atoms with Gasteiger partial charge in [0.2, 0.25) is 11.7 Å². The molecule has 1 amide bonds. The van der Waals surface area contributed by atoms with Crippen LogP contribution in [0.5, 0.6) is 17.2 Å². The van der Waals surface area contributed by atoms with Gasteiger partial charge in [-0.1, -0.05) is 0 Å². The molecule has 0 spiro atoms. The summed E-state index contributed by atoms with van der Waals surface area (Å²) >= 11 is 0. The van der Waals surface area contributed by atoms with Gasteiger partial charge in [0.05, 0.1) is 27.8 Å². The second kappa shape index (κ2) is 6.66. The van der Waals surface area contributed by atoms with Crippen LogP contribution >= 0.6 is 0 Å². The molecular weight excluding hydrogens is 296 g/mol. The Morgan fingerprint density at radius 3 is 2.13 bits per heavy atom. The number of amides is 1. The van der Waals surface area contributed by atoms with Gasteiger partial charge < -0.3 is 24.4 Å². The van der Waals surface area contributed by atoms with Crippen molar-refractivity contribution in [3.8, 4) is 17.2 Å². The predicted molar refractivity (Wildman–Crippen MR) is 86.2 cm³/mol. The van der Waals surface area contributed by atoms with Gasteiger partial charge in [-0.3, -0.25) is 4.79 Å². The third-order valence-corrected chi connectivity index (χ3v) is 4.82. The van der Waals surface area contributed by atoms with Crippen molar-refractivity contribution in [2.24, 2.45) is 11.8 Å². The van der Waals surface area contributed by atoms with Crippen molar-refractivity contribution in [1.29, 1.82) is 0 Å². The average molecular weight is 320 g/mol. The molecule has 2 heterocycles. The molecule has 0 radical (unpaired) electrons. The van der Waals surface area contributed by atoms with Crippen LogP contribution in [0.1, 0.15) is 5.56 Å². The predicted octanol–water partition coefficient (Wildman–Crippen LogP) is 0.933. The van der Waals surface area contributed by atoms with Crippen molar-refractivity contribution in [3.05, 3.63) is 17.7 Å². The summed E-state index contributed by atoms with van der Waals surface area (Å²) in [4.78, 5) is 14.6. The zero-order valence-corrected chi connectivity index (χ0v) is 13.9. The molecule has 0 aromatic heterocycles. The Hall–Kier alpha value is -1.95. The van der Waals surface area contributed by atoms with E-state index in [4.69, 9.17) is 14.2 Å². The summed E-state index contributed by atoms with van der Waals surface area (Å²) in [6.45, 7) is 3.78. The molecule has 2 aliphatic rings. The Bertz CT molecular complexity index is 553. The molecule has 126 valence electrons. The molecule has 1 aromatic carbocycles. The first-order chi connectivity index (χ1) is 11.2. The van der Waals surface area contributed by atoms with Gasteiger partial charge in [-0.25, -0.2) is 0 Å². The first-order valence-corrected chi connectivity index (χ1v) is 7.93. The number of likely N-dealkylation sites (tertiary alicyclic amines) is 1. The molecule has 3 rings (SSSR count). The lowest BCUT2D eigenvalue weighted by Crippen LogP contribution is -2.33. The van der Waals surface area contributed by atoms with E-state index in [1.807, 2.05) is 17.0 Å². The number of carbonyl (C=O) groups excluding carboxylic acids is 1. The molecule has 2 aliphatic heterocycles. The number of fused-ring (bicyclic) bond motifs is 1. The van der Waals surface area contributed by atoms with E-state index in [1.54, 1.807) is 21.3 Å². The van der Waals surface area contributed by atoms with Gasteiger partial charge in [0, 0.05) is 26.2 Å². The van der Waals surface area contributed by atoms with Gasteiger partial charge in [0.15, 0.2) is 11.5 Å². The van der Waals surface area contributed by atoms with Crippen molar-refractivity contribution in [1.82, 2.24) is 10.2 Å². The molecule has 1 aromatic rings. The highest BCUT2D eigenvalue weighted by Gasteiger charge is 2.37. The molecule has 6 nitrogen and oxygen atoms in total. The molecule has 0 saturated carbocycles. The zero-order chi connectivity index (χ0) is 16.4. The SMILES string of the molecule is COc1cc(CC(=O)N2C[C@H]3CNC[C@H]3C2)cc(OC)c1OC. The maximum Gasteiger partial charge on any atom is 0.227 e. The molecule has 2 saturated heterocycles. The second-order valence-electron chi connectivity index (χ2n) is 6.19. The second-order valence-corrected chi connectivity index (χ2v) is 6.19. The first-order valence-electron chi connectivity index (χ1n) is 7.93. The van der Waals surface area contributed by atoms with Crippen molar-refractivity contribution in [3.63, 3.8) is 0 Å². The number of nitrogens with one attached hydrogen (secondary N) is 1. The van der Waals surface area contributed by atoms with Crippen molar-refractivity contribution in [2.75, 3.05) is 47.5 Å². The Balaban J connectivity index is 1.73. The summed E-state index contributed by atoms with van der Waals surface area (Å²) in [5.41, 5.74) is 0.875. The fourth-order valence-electron chi connectivity index (χ4n) is 3.58. The van der Waals surface area contributed by atoms with E-state index in [2.05, 4.69) is 5.32 Å². The molecule has 6 heteroatoms. The smallest absolute Gasteiger partial charge is 0.227 e. The van der Waals surface area contributed by atoms with Crippen LogP contribution in [0.15, 0.2) is 12.1 Å². The summed E-state index contributed by atoms with van der Waals surface area (Å²) in [7, 11) is 4.73. The summed E-state index contributed by atoms with van der Waals surface area (Å²) in [5, 5.41) is 3.39. The maximum absolute atomic E-state index is 12.6. The van der Waals surface area contributed by atoms with E-state index < -0.39 is 0 Å². The topological polar surface area (TPSA) is 60.0 Å². The van der Waals surface area contributed by atoms with E-state index >= 15 is 0 Å². The van der Waals surface area contributed by atoms with Crippen LogP contribution < -0.4 is 19.5 Å². The fourth-order valence-corrected chi connectivity index (χ4v) is 3.58.